The van der Waals surface area contributed by atoms with Crippen LogP contribution in [0.2, 0.25) is 0 Å². The molecular weight excluding hydrogens is 320 g/mol. The Hall–Kier alpha value is -3.27. The summed E-state index contributed by atoms with van der Waals surface area (Å²) in [7, 11) is 1.25. The normalized spacial score (nSPS) is 15.0. The number of amides is 1. The maximum absolute atomic E-state index is 12.4. The molecule has 0 unspecified atom stereocenters. The molecule has 7 nitrogen and oxygen atoms in total. The lowest BCUT2D eigenvalue weighted by atomic mass is 9.77. The Bertz CT molecular complexity index is 935. The van der Waals surface area contributed by atoms with E-state index in [9.17, 15) is 14.9 Å². The van der Waals surface area contributed by atoms with E-state index < -0.39 is 11.4 Å². The van der Waals surface area contributed by atoms with Gasteiger partial charge in [0.1, 0.15) is 6.07 Å². The molecule has 0 aliphatic carbocycles. The molecule has 1 aromatic heterocycles. The van der Waals surface area contributed by atoms with Crippen molar-refractivity contribution in [3.8, 4) is 11.8 Å². The predicted octanol–water partition coefficient (Wildman–Crippen LogP) is 1.63. The summed E-state index contributed by atoms with van der Waals surface area (Å²) in [6.07, 6.45) is 1.50. The zero-order chi connectivity index (χ0) is 18.4. The topological polar surface area (TPSA) is 110 Å². The first-order valence-electron chi connectivity index (χ1n) is 7.73. The average molecular weight is 338 g/mol. The van der Waals surface area contributed by atoms with Crippen LogP contribution in [0.15, 0.2) is 24.4 Å². The number of carbonyl (C=O) groups is 2. The molecule has 1 aliphatic rings. The second-order valence-corrected chi connectivity index (χ2v) is 6.40. The molecule has 2 aromatic rings. The third kappa shape index (κ3) is 2.34. The second kappa shape index (κ2) is 5.67. The third-order valence-electron chi connectivity index (χ3n) is 4.56. The summed E-state index contributed by atoms with van der Waals surface area (Å²) >= 11 is 0. The summed E-state index contributed by atoms with van der Waals surface area (Å²) in [6, 6.07) is 7.54. The van der Waals surface area contributed by atoms with Gasteiger partial charge in [-0.2, -0.15) is 5.26 Å². The molecule has 1 aromatic carbocycles. The zero-order valence-corrected chi connectivity index (χ0v) is 14.2. The average Bonchev–Trinajstić information content (AvgIpc) is 2.93. The second-order valence-electron chi connectivity index (χ2n) is 6.40. The van der Waals surface area contributed by atoms with Gasteiger partial charge in [-0.25, -0.2) is 4.79 Å². The highest BCUT2D eigenvalue weighted by atomic mass is 16.5. The first-order valence-corrected chi connectivity index (χ1v) is 7.73. The maximum Gasteiger partial charge on any atom is 0.357 e. The van der Waals surface area contributed by atoms with Gasteiger partial charge in [-0.3, -0.25) is 4.79 Å². The third-order valence-corrected chi connectivity index (χ3v) is 4.56. The number of nitrogens with one attached hydrogen (secondary N) is 1. The van der Waals surface area contributed by atoms with E-state index in [4.69, 9.17) is 10.5 Å². The fourth-order valence-electron chi connectivity index (χ4n) is 3.27. The highest BCUT2D eigenvalue weighted by Gasteiger charge is 2.38. The lowest BCUT2D eigenvalue weighted by Gasteiger charge is -2.34. The summed E-state index contributed by atoms with van der Waals surface area (Å²) in [5.74, 6) is -0.748. The Morgan fingerprint density at radius 2 is 2.16 bits per heavy atom. The number of esters is 1. The van der Waals surface area contributed by atoms with E-state index in [0.717, 1.165) is 11.1 Å². The van der Waals surface area contributed by atoms with Crippen molar-refractivity contribution in [3.05, 3.63) is 46.8 Å². The molecule has 1 amide bonds. The predicted molar refractivity (Wildman–Crippen MR) is 91.1 cm³/mol. The summed E-state index contributed by atoms with van der Waals surface area (Å²) in [5.41, 5.74) is 7.86. The van der Waals surface area contributed by atoms with Gasteiger partial charge in [-0.15, -0.1) is 0 Å². The summed E-state index contributed by atoms with van der Waals surface area (Å²) in [5, 5.41) is 12.1. The van der Waals surface area contributed by atoms with Gasteiger partial charge in [-0.05, 0) is 31.0 Å². The van der Waals surface area contributed by atoms with E-state index >= 15 is 0 Å². The Morgan fingerprint density at radius 1 is 1.44 bits per heavy atom. The summed E-state index contributed by atoms with van der Waals surface area (Å²) in [6.45, 7) is 4.04. The first-order chi connectivity index (χ1) is 11.8. The number of methoxy groups -OCH3 is 1. The molecule has 25 heavy (non-hydrogen) atoms. The molecule has 3 N–H and O–H groups in total. The standard InChI is InChI=1S/C18H18N4O3/c1-18(2)13-10(8-21-17(18)24)5-4-6-12(13)22-9-11(7-19)14(20)15(22)16(23)25-3/h4-6,9H,8,20H2,1-3H3,(H,21,24). The van der Waals surface area contributed by atoms with Crippen LogP contribution in [-0.4, -0.2) is 23.6 Å². The minimum atomic E-state index is -0.802. The smallest absolute Gasteiger partial charge is 0.357 e. The van der Waals surface area contributed by atoms with Crippen molar-refractivity contribution in [2.75, 3.05) is 12.8 Å². The van der Waals surface area contributed by atoms with Crippen LogP contribution in [0.5, 0.6) is 0 Å². The number of nitrogens with two attached hydrogens (primary N) is 1. The largest absolute Gasteiger partial charge is 0.464 e. The van der Waals surface area contributed by atoms with Gasteiger partial charge in [0, 0.05) is 12.7 Å². The molecule has 7 heteroatoms. The molecule has 0 bridgehead atoms. The van der Waals surface area contributed by atoms with Gasteiger partial charge in [0.25, 0.3) is 0 Å². The van der Waals surface area contributed by atoms with Crippen LogP contribution in [-0.2, 0) is 21.5 Å². The number of benzene rings is 1. The molecule has 0 atom stereocenters. The van der Waals surface area contributed by atoms with Crippen molar-refractivity contribution in [3.63, 3.8) is 0 Å². The van der Waals surface area contributed by atoms with Gasteiger partial charge in [0.05, 0.1) is 29.5 Å². The molecule has 1 aliphatic heterocycles. The van der Waals surface area contributed by atoms with Crippen LogP contribution < -0.4 is 11.1 Å². The number of hydrogen-bond acceptors (Lipinski definition) is 5. The van der Waals surface area contributed by atoms with E-state index in [-0.39, 0.29) is 22.9 Å². The number of nitriles is 1. The first kappa shape index (κ1) is 16.6. The van der Waals surface area contributed by atoms with Gasteiger partial charge in [0.15, 0.2) is 5.69 Å². The fourth-order valence-corrected chi connectivity index (χ4v) is 3.27. The van der Waals surface area contributed by atoms with Crippen molar-refractivity contribution >= 4 is 17.6 Å². The van der Waals surface area contributed by atoms with Crippen molar-refractivity contribution in [2.45, 2.75) is 25.8 Å². The number of rotatable bonds is 2. The molecule has 0 saturated carbocycles. The quantitative estimate of drug-likeness (QED) is 0.809. The van der Waals surface area contributed by atoms with Crippen molar-refractivity contribution < 1.29 is 14.3 Å². The molecule has 2 heterocycles. The number of carbonyl (C=O) groups excluding carboxylic acids is 2. The molecule has 0 saturated heterocycles. The number of fused-ring (bicyclic) bond motifs is 1. The van der Waals surface area contributed by atoms with Gasteiger partial charge < -0.3 is 20.4 Å². The van der Waals surface area contributed by atoms with Gasteiger partial charge in [-0.1, -0.05) is 12.1 Å². The van der Waals surface area contributed by atoms with E-state index in [2.05, 4.69) is 5.32 Å². The summed E-state index contributed by atoms with van der Waals surface area (Å²) in [4.78, 5) is 24.6. The van der Waals surface area contributed by atoms with E-state index in [1.54, 1.807) is 10.6 Å². The molecular formula is C18H18N4O3. The highest BCUT2D eigenvalue weighted by molar-refractivity contribution is 5.96. The van der Waals surface area contributed by atoms with Crippen molar-refractivity contribution in [2.24, 2.45) is 0 Å². The molecule has 128 valence electrons. The number of nitrogen functional groups attached to an aromatic ring is 1. The summed E-state index contributed by atoms with van der Waals surface area (Å²) < 4.78 is 6.37. The molecule has 0 fully saturated rings. The SMILES string of the molecule is COC(=O)c1c(N)c(C#N)cn1-c1cccc2c1C(C)(C)C(=O)NC2. The van der Waals surface area contributed by atoms with Crippen LogP contribution in [0.4, 0.5) is 5.69 Å². The monoisotopic (exact) mass is 338 g/mol. The fraction of sp³-hybridized carbons (Fsp3) is 0.278. The Kier molecular flexibility index (Phi) is 3.76. The maximum atomic E-state index is 12.4. The lowest BCUT2D eigenvalue weighted by molar-refractivity contribution is -0.126. The lowest BCUT2D eigenvalue weighted by Crippen LogP contribution is -2.45. The minimum absolute atomic E-state index is 0.0602. The van der Waals surface area contributed by atoms with E-state index in [0.29, 0.717) is 12.2 Å². The number of ether oxygens (including phenoxy) is 1. The van der Waals surface area contributed by atoms with Crippen molar-refractivity contribution in [1.82, 2.24) is 9.88 Å². The zero-order valence-electron chi connectivity index (χ0n) is 14.2. The van der Waals surface area contributed by atoms with Crippen molar-refractivity contribution in [1.29, 1.82) is 5.26 Å². The minimum Gasteiger partial charge on any atom is -0.464 e. The van der Waals surface area contributed by atoms with Crippen LogP contribution in [0, 0.1) is 11.3 Å². The molecule has 3 rings (SSSR count). The number of anilines is 1. The number of hydrogen-bond donors (Lipinski definition) is 2. The van der Waals surface area contributed by atoms with E-state index in [1.165, 1.54) is 13.3 Å². The Labute approximate surface area is 145 Å². The van der Waals surface area contributed by atoms with Crippen LogP contribution in [0.25, 0.3) is 5.69 Å². The molecule has 0 spiro atoms. The van der Waals surface area contributed by atoms with Crippen LogP contribution in [0.3, 0.4) is 0 Å². The number of aromatic nitrogens is 1. The Balaban J connectivity index is 2.36. The van der Waals surface area contributed by atoms with E-state index in [1.807, 2.05) is 32.0 Å². The van der Waals surface area contributed by atoms with Crippen LogP contribution >= 0.6 is 0 Å². The highest BCUT2D eigenvalue weighted by Crippen LogP contribution is 2.37. The Morgan fingerprint density at radius 3 is 2.80 bits per heavy atom. The van der Waals surface area contributed by atoms with Gasteiger partial charge >= 0.3 is 5.97 Å². The molecule has 0 radical (unpaired) electrons. The number of nitrogens with zero attached hydrogens (tertiary/aromatic N) is 2. The van der Waals surface area contributed by atoms with Crippen LogP contribution in [0.1, 0.15) is 41.0 Å². The van der Waals surface area contributed by atoms with Gasteiger partial charge in [0.2, 0.25) is 5.91 Å².